The highest BCUT2D eigenvalue weighted by Gasteiger charge is 2.59. The highest BCUT2D eigenvalue weighted by molar-refractivity contribution is 8.12. The molecule has 1 aromatic carbocycles. The second-order valence-corrected chi connectivity index (χ2v) is 9.34. The van der Waals surface area contributed by atoms with E-state index in [1.165, 1.54) is 0 Å². The SMILES string of the molecule is CCCCC(SC)(S(C)=O)C1(O)CC(OCc2ccccc2)C1. The minimum absolute atomic E-state index is 0.0527. The van der Waals surface area contributed by atoms with E-state index in [1.807, 2.05) is 36.6 Å². The molecule has 0 radical (unpaired) electrons. The first-order valence-electron chi connectivity index (χ1n) is 8.24. The van der Waals surface area contributed by atoms with E-state index in [2.05, 4.69) is 6.92 Å². The van der Waals surface area contributed by atoms with Crippen LogP contribution in [0, 0.1) is 0 Å². The number of thioether (sulfide) groups is 1. The molecule has 130 valence electrons. The number of rotatable bonds is 9. The number of ether oxygens (including phenoxy) is 1. The highest BCUT2D eigenvalue weighted by atomic mass is 32.2. The lowest BCUT2D eigenvalue weighted by atomic mass is 9.73. The minimum Gasteiger partial charge on any atom is -0.387 e. The maximum Gasteiger partial charge on any atom is 0.119 e. The Kier molecular flexibility index (Phi) is 6.72. The first-order valence-corrected chi connectivity index (χ1v) is 11.0. The van der Waals surface area contributed by atoms with Gasteiger partial charge in [0.25, 0.3) is 0 Å². The average Bonchev–Trinajstić information content (AvgIpc) is 2.52. The lowest BCUT2D eigenvalue weighted by Gasteiger charge is -2.53. The van der Waals surface area contributed by atoms with Gasteiger partial charge in [0.1, 0.15) is 4.08 Å². The molecule has 1 fully saturated rings. The maximum absolute atomic E-state index is 12.4. The summed E-state index contributed by atoms with van der Waals surface area (Å²) >= 11 is 1.56. The second kappa shape index (κ2) is 8.15. The fourth-order valence-electron chi connectivity index (χ4n) is 3.37. The third-order valence-corrected chi connectivity index (χ3v) is 8.78. The van der Waals surface area contributed by atoms with Crippen molar-refractivity contribution in [3.63, 3.8) is 0 Å². The minimum atomic E-state index is -1.08. The molecule has 0 amide bonds. The lowest BCUT2D eigenvalue weighted by molar-refractivity contribution is -0.150. The fourth-order valence-corrected chi connectivity index (χ4v) is 6.34. The number of benzene rings is 1. The van der Waals surface area contributed by atoms with Crippen molar-refractivity contribution < 1.29 is 14.1 Å². The van der Waals surface area contributed by atoms with Crippen LogP contribution < -0.4 is 0 Å². The predicted molar refractivity (Wildman–Crippen MR) is 99.0 cm³/mol. The summed E-state index contributed by atoms with van der Waals surface area (Å²) < 4.78 is 17.8. The van der Waals surface area contributed by atoms with E-state index in [-0.39, 0.29) is 6.10 Å². The smallest absolute Gasteiger partial charge is 0.119 e. The Morgan fingerprint density at radius 3 is 2.57 bits per heavy atom. The van der Waals surface area contributed by atoms with Crippen LogP contribution in [0.25, 0.3) is 0 Å². The maximum atomic E-state index is 12.4. The quantitative estimate of drug-likeness (QED) is 0.732. The topological polar surface area (TPSA) is 46.5 Å². The highest BCUT2D eigenvalue weighted by Crippen LogP contribution is 2.52. The van der Waals surface area contributed by atoms with Gasteiger partial charge in [-0.25, -0.2) is 0 Å². The summed E-state index contributed by atoms with van der Waals surface area (Å²) in [4.78, 5) is 0. The molecule has 2 atom stereocenters. The monoisotopic (exact) mass is 356 g/mol. The Morgan fingerprint density at radius 2 is 2.04 bits per heavy atom. The molecule has 2 unspecified atom stereocenters. The van der Waals surface area contributed by atoms with Crippen molar-refractivity contribution in [2.45, 2.75) is 61.4 Å². The van der Waals surface area contributed by atoms with Crippen LogP contribution in [0.3, 0.4) is 0 Å². The van der Waals surface area contributed by atoms with Gasteiger partial charge in [-0.05, 0) is 18.2 Å². The zero-order chi connectivity index (χ0) is 16.9. The van der Waals surface area contributed by atoms with Crippen LogP contribution in [0.5, 0.6) is 0 Å². The molecular weight excluding hydrogens is 328 g/mol. The van der Waals surface area contributed by atoms with Gasteiger partial charge in [0.15, 0.2) is 0 Å². The van der Waals surface area contributed by atoms with Crippen molar-refractivity contribution in [2.24, 2.45) is 0 Å². The molecule has 2 rings (SSSR count). The van der Waals surface area contributed by atoms with Crippen LogP contribution in [-0.4, -0.2) is 37.6 Å². The fraction of sp³-hybridized carbons (Fsp3) is 0.667. The summed E-state index contributed by atoms with van der Waals surface area (Å²) in [5.41, 5.74) is 0.256. The standard InChI is InChI=1S/C18H28O3S2/c1-4-5-11-18(22-2,23(3)20)17(19)12-16(13-17)21-14-15-9-7-6-8-10-15/h6-10,16,19H,4-5,11-14H2,1-3H3. The van der Waals surface area contributed by atoms with Crippen molar-refractivity contribution in [3.8, 4) is 0 Å². The van der Waals surface area contributed by atoms with Crippen molar-refractivity contribution in [1.82, 2.24) is 0 Å². The summed E-state index contributed by atoms with van der Waals surface area (Å²) in [6.45, 7) is 2.69. The molecule has 0 spiro atoms. The molecule has 5 heteroatoms. The molecule has 1 aromatic rings. The molecule has 1 aliphatic carbocycles. The van der Waals surface area contributed by atoms with E-state index in [0.29, 0.717) is 19.4 Å². The van der Waals surface area contributed by atoms with Crippen LogP contribution in [0.15, 0.2) is 30.3 Å². The molecule has 1 saturated carbocycles. The van der Waals surface area contributed by atoms with Gasteiger partial charge in [-0.2, -0.15) is 0 Å². The summed E-state index contributed by atoms with van der Waals surface area (Å²) in [6, 6.07) is 10.1. The van der Waals surface area contributed by atoms with Gasteiger partial charge in [-0.15, -0.1) is 11.8 Å². The first-order chi connectivity index (χ1) is 11.0. The van der Waals surface area contributed by atoms with Crippen LogP contribution in [0.1, 0.15) is 44.6 Å². The summed E-state index contributed by atoms with van der Waals surface area (Å²) in [5, 5.41) is 11.1. The van der Waals surface area contributed by atoms with Gasteiger partial charge < -0.3 is 9.84 Å². The molecule has 0 heterocycles. The number of aliphatic hydroxyl groups is 1. The molecule has 1 aliphatic rings. The lowest BCUT2D eigenvalue weighted by Crippen LogP contribution is -2.63. The molecule has 1 N–H and O–H groups in total. The van der Waals surface area contributed by atoms with Gasteiger partial charge in [0.2, 0.25) is 0 Å². The molecule has 0 bridgehead atoms. The largest absolute Gasteiger partial charge is 0.387 e. The molecular formula is C18H28O3S2. The zero-order valence-corrected chi connectivity index (χ0v) is 15.9. The third kappa shape index (κ3) is 4.01. The molecule has 0 aromatic heterocycles. The normalized spacial score (nSPS) is 27.9. The molecule has 0 aliphatic heterocycles. The summed E-state index contributed by atoms with van der Waals surface area (Å²) in [7, 11) is -1.08. The number of hydrogen-bond donors (Lipinski definition) is 1. The van der Waals surface area contributed by atoms with Crippen molar-refractivity contribution >= 4 is 22.6 Å². The summed E-state index contributed by atoms with van der Waals surface area (Å²) in [5.74, 6) is 0. The van der Waals surface area contributed by atoms with Gasteiger partial charge in [0.05, 0.1) is 18.3 Å². The predicted octanol–water partition coefficient (Wildman–Crippen LogP) is 3.72. The molecule has 0 saturated heterocycles. The van der Waals surface area contributed by atoms with Gasteiger partial charge in [0, 0.05) is 29.9 Å². The van der Waals surface area contributed by atoms with E-state index in [4.69, 9.17) is 4.74 Å². The molecule has 23 heavy (non-hydrogen) atoms. The van der Waals surface area contributed by atoms with Gasteiger partial charge >= 0.3 is 0 Å². The van der Waals surface area contributed by atoms with E-state index in [9.17, 15) is 9.32 Å². The van der Waals surface area contributed by atoms with Gasteiger partial charge in [-0.3, -0.25) is 4.21 Å². The van der Waals surface area contributed by atoms with Crippen LogP contribution >= 0.6 is 11.8 Å². The van der Waals surface area contributed by atoms with Crippen LogP contribution in [-0.2, 0) is 22.1 Å². The first kappa shape index (κ1) is 19.0. The number of unbranched alkanes of at least 4 members (excludes halogenated alkanes) is 1. The zero-order valence-electron chi connectivity index (χ0n) is 14.3. The Labute approximate surface area is 146 Å². The van der Waals surface area contributed by atoms with E-state index >= 15 is 0 Å². The van der Waals surface area contributed by atoms with Crippen molar-refractivity contribution in [3.05, 3.63) is 35.9 Å². The number of hydrogen-bond acceptors (Lipinski definition) is 4. The Morgan fingerprint density at radius 1 is 1.39 bits per heavy atom. The van der Waals surface area contributed by atoms with E-state index in [0.717, 1.165) is 24.8 Å². The van der Waals surface area contributed by atoms with Crippen LogP contribution in [0.2, 0.25) is 0 Å². The Hall–Kier alpha value is -0.360. The van der Waals surface area contributed by atoms with Gasteiger partial charge in [-0.1, -0.05) is 50.1 Å². The molecule has 3 nitrogen and oxygen atoms in total. The Bertz CT molecular complexity index is 514. The van der Waals surface area contributed by atoms with Crippen molar-refractivity contribution in [2.75, 3.05) is 12.5 Å². The average molecular weight is 357 g/mol. The second-order valence-electron chi connectivity index (χ2n) is 6.37. The third-order valence-electron chi connectivity index (χ3n) is 4.82. The Balaban J connectivity index is 1.96. The van der Waals surface area contributed by atoms with E-state index < -0.39 is 20.5 Å². The van der Waals surface area contributed by atoms with Crippen LogP contribution in [0.4, 0.5) is 0 Å². The summed E-state index contributed by atoms with van der Waals surface area (Å²) in [6.07, 6.45) is 7.71. The van der Waals surface area contributed by atoms with Crippen molar-refractivity contribution in [1.29, 1.82) is 0 Å². The van der Waals surface area contributed by atoms with E-state index in [1.54, 1.807) is 18.0 Å².